The van der Waals surface area contributed by atoms with E-state index in [1.807, 2.05) is 0 Å². The molecule has 0 saturated carbocycles. The third-order valence-corrected chi connectivity index (χ3v) is 4.65. The van der Waals surface area contributed by atoms with Crippen LogP contribution in [0.3, 0.4) is 0 Å². The highest BCUT2D eigenvalue weighted by molar-refractivity contribution is 9.11. The zero-order chi connectivity index (χ0) is 14.8. The number of rotatable bonds is 1. The summed E-state index contributed by atoms with van der Waals surface area (Å²) in [6.45, 7) is -3.86. The van der Waals surface area contributed by atoms with Crippen molar-refractivity contribution < 1.29 is 17.5 Å². The van der Waals surface area contributed by atoms with Crippen LogP contribution in [0.5, 0.6) is 0 Å². The highest BCUT2D eigenvalue weighted by Crippen LogP contribution is 2.42. The molecule has 0 unspecified atom stereocenters. The molecule has 21 heavy (non-hydrogen) atoms. The quantitative estimate of drug-likeness (QED) is 0.638. The van der Waals surface area contributed by atoms with E-state index in [2.05, 4.69) is 31.9 Å². The van der Waals surface area contributed by atoms with E-state index in [0.29, 0.717) is 26.3 Å². The number of hydrogen-bond acceptors (Lipinski definition) is 1. The predicted molar refractivity (Wildman–Crippen MR) is 83.4 cm³/mol. The van der Waals surface area contributed by atoms with Crippen LogP contribution in [-0.4, -0.2) is 22.1 Å². The third kappa shape index (κ3) is 1.72. The van der Waals surface area contributed by atoms with E-state index in [4.69, 9.17) is 4.42 Å². The van der Waals surface area contributed by atoms with Gasteiger partial charge in [0.15, 0.2) is 15.0 Å². The van der Waals surface area contributed by atoms with E-state index < -0.39 is 6.97 Å². The molecule has 0 aliphatic carbocycles. The van der Waals surface area contributed by atoms with E-state index in [9.17, 15) is 8.63 Å². The predicted octanol–water partition coefficient (Wildman–Crippen LogP) is 4.25. The van der Waals surface area contributed by atoms with Gasteiger partial charge in [-0.05, 0) is 50.2 Å². The molecule has 2 aromatic rings. The van der Waals surface area contributed by atoms with Gasteiger partial charge < -0.3 is 22.0 Å². The van der Waals surface area contributed by atoms with E-state index in [-0.39, 0.29) is 0 Å². The second kappa shape index (κ2) is 4.30. The Kier molecular flexibility index (Phi) is 2.72. The van der Waals surface area contributed by atoms with E-state index >= 15 is 0 Å². The van der Waals surface area contributed by atoms with Gasteiger partial charge in [0, 0.05) is 29.5 Å². The van der Waals surface area contributed by atoms with Crippen LogP contribution >= 0.6 is 31.9 Å². The van der Waals surface area contributed by atoms with Crippen molar-refractivity contribution in [3.63, 3.8) is 0 Å². The summed E-state index contributed by atoms with van der Waals surface area (Å²) in [5.41, 5.74) is 2.38. The molecule has 2 aliphatic rings. The van der Waals surface area contributed by atoms with Gasteiger partial charge in [-0.3, -0.25) is 0 Å². The Morgan fingerprint density at radius 2 is 2.10 bits per heavy atom. The molecule has 106 valence electrons. The number of allylic oxidation sites excluding steroid dienone is 2. The van der Waals surface area contributed by atoms with Crippen LogP contribution in [0, 0.1) is 0 Å². The molecule has 0 N–H and O–H groups in total. The topological polar surface area (TPSA) is 21.1 Å². The van der Waals surface area contributed by atoms with E-state index in [1.165, 1.54) is 12.4 Å². The Labute approximate surface area is 135 Å². The van der Waals surface area contributed by atoms with Crippen LogP contribution in [0.15, 0.2) is 56.0 Å². The summed E-state index contributed by atoms with van der Waals surface area (Å²) in [7, 11) is 0. The normalized spacial score (nSPS) is 18.8. The molecule has 0 bridgehead atoms. The lowest BCUT2D eigenvalue weighted by atomic mass is 9.87. The van der Waals surface area contributed by atoms with Crippen LogP contribution in [0.25, 0.3) is 5.57 Å². The lowest BCUT2D eigenvalue weighted by Crippen LogP contribution is -2.49. The van der Waals surface area contributed by atoms with Gasteiger partial charge in [-0.2, -0.15) is 0 Å². The average molecular weight is 416 g/mol. The third-order valence-electron chi connectivity index (χ3n) is 3.67. The van der Waals surface area contributed by atoms with E-state index in [0.717, 1.165) is 14.5 Å². The van der Waals surface area contributed by atoms with Crippen molar-refractivity contribution in [3.8, 4) is 0 Å². The standard InChI is InChI=1S/C13H7BBr2F2N2O/c15-11-7-8(13(16)21-11)12-9-3-1-5-19(9)14(17,18)20-6-2-4-10(12)20/h1-7H. The van der Waals surface area contributed by atoms with Crippen molar-refractivity contribution in [2.45, 2.75) is 0 Å². The molecule has 4 rings (SSSR count). The molecule has 2 aliphatic heterocycles. The summed E-state index contributed by atoms with van der Waals surface area (Å²) >= 11 is 6.61. The van der Waals surface area contributed by atoms with Crippen molar-refractivity contribution >= 4 is 50.6 Å². The molecule has 4 heterocycles. The van der Waals surface area contributed by atoms with Crippen molar-refractivity contribution in [2.75, 3.05) is 0 Å². The highest BCUT2D eigenvalue weighted by Gasteiger charge is 2.51. The largest absolute Gasteiger partial charge is 0.737 e. The molecule has 0 aromatic carbocycles. The number of aromatic nitrogens is 1. The fourth-order valence-corrected chi connectivity index (χ4v) is 3.90. The van der Waals surface area contributed by atoms with Gasteiger partial charge >= 0.3 is 6.97 Å². The maximum absolute atomic E-state index is 14.6. The second-order valence-electron chi connectivity index (χ2n) is 4.80. The summed E-state index contributed by atoms with van der Waals surface area (Å²) in [6.07, 6.45) is 6.12. The van der Waals surface area contributed by atoms with Crippen molar-refractivity contribution in [3.05, 3.63) is 62.8 Å². The molecule has 0 atom stereocenters. The number of halogens is 4. The molecule has 0 amide bonds. The number of furan rings is 1. The van der Waals surface area contributed by atoms with E-state index in [1.54, 1.807) is 30.4 Å². The Morgan fingerprint density at radius 3 is 2.81 bits per heavy atom. The van der Waals surface area contributed by atoms with Gasteiger partial charge in [0.25, 0.3) is 0 Å². The molecule has 0 spiro atoms. The number of hydrogen-bond donors (Lipinski definition) is 0. The first kappa shape index (κ1) is 13.3. The monoisotopic (exact) mass is 414 g/mol. The van der Waals surface area contributed by atoms with Gasteiger partial charge in [-0.25, -0.2) is 0 Å². The first-order chi connectivity index (χ1) is 10.00. The lowest BCUT2D eigenvalue weighted by Gasteiger charge is -2.30. The van der Waals surface area contributed by atoms with Crippen LogP contribution in [0.2, 0.25) is 0 Å². The lowest BCUT2D eigenvalue weighted by molar-refractivity contribution is -0.356. The summed E-state index contributed by atoms with van der Waals surface area (Å²) in [5.74, 6) is 0. The molecule has 2 aromatic heterocycles. The van der Waals surface area contributed by atoms with Crippen LogP contribution in [0.1, 0.15) is 11.3 Å². The summed E-state index contributed by atoms with van der Waals surface area (Å²) in [6, 6.07) is 5.08. The van der Waals surface area contributed by atoms with Gasteiger partial charge in [0.1, 0.15) is 6.21 Å². The number of nitrogens with zero attached hydrogens (tertiary/aromatic N) is 2. The minimum absolute atomic E-state index is 0.472. The summed E-state index contributed by atoms with van der Waals surface area (Å²) in [4.78, 5) is 0. The first-order valence-electron chi connectivity index (χ1n) is 6.19. The molecule has 0 radical (unpaired) electrons. The minimum Gasteiger partial charge on any atom is -0.442 e. The van der Waals surface area contributed by atoms with Gasteiger partial charge in [0.2, 0.25) is 0 Å². The first-order valence-corrected chi connectivity index (χ1v) is 7.78. The molecular formula is C13H7BBr2F2N2O. The highest BCUT2D eigenvalue weighted by atomic mass is 79.9. The fraction of sp³-hybridized carbons (Fsp3) is 0. The van der Waals surface area contributed by atoms with Crippen molar-refractivity contribution in [1.29, 1.82) is 0 Å². The number of fused-ring (bicyclic) bond motifs is 2. The molecule has 8 heteroatoms. The maximum atomic E-state index is 14.6. The Morgan fingerprint density at radius 1 is 1.29 bits per heavy atom. The SMILES string of the molecule is F[B-]1(F)n2cccc2C(c2cc(Br)oc2Br)=C2C=CC=[N+]21. The molecular weight excluding hydrogens is 409 g/mol. The van der Waals surface area contributed by atoms with Gasteiger partial charge in [0.05, 0.1) is 5.57 Å². The maximum Gasteiger partial charge on any atom is 0.737 e. The second-order valence-corrected chi connectivity index (χ2v) is 6.30. The smallest absolute Gasteiger partial charge is 0.442 e. The average Bonchev–Trinajstić information content (AvgIpc) is 3.11. The molecule has 3 nitrogen and oxygen atoms in total. The Hall–Kier alpha value is -1.41. The molecule has 0 saturated heterocycles. The van der Waals surface area contributed by atoms with Gasteiger partial charge in [-0.1, -0.05) is 0 Å². The van der Waals surface area contributed by atoms with Gasteiger partial charge in [-0.15, -0.1) is 0 Å². The van der Waals surface area contributed by atoms with Crippen LogP contribution < -0.4 is 0 Å². The zero-order valence-corrected chi connectivity index (χ0v) is 13.6. The Balaban J connectivity index is 2.09. The molecule has 0 fully saturated rings. The van der Waals surface area contributed by atoms with Crippen LogP contribution in [0.4, 0.5) is 8.63 Å². The van der Waals surface area contributed by atoms with Crippen LogP contribution in [-0.2, 0) is 0 Å². The summed E-state index contributed by atoms with van der Waals surface area (Å²) in [5, 5.41) is 0. The fourth-order valence-electron chi connectivity index (χ4n) is 2.81. The van der Waals surface area contributed by atoms with Crippen molar-refractivity contribution in [2.24, 2.45) is 0 Å². The van der Waals surface area contributed by atoms with Crippen molar-refractivity contribution in [1.82, 2.24) is 4.48 Å². The summed E-state index contributed by atoms with van der Waals surface area (Å²) < 4.78 is 37.7. The zero-order valence-electron chi connectivity index (χ0n) is 10.4. The minimum atomic E-state index is -3.86. The Bertz CT molecular complexity index is 863.